The summed E-state index contributed by atoms with van der Waals surface area (Å²) in [6.07, 6.45) is 3.88. The quantitative estimate of drug-likeness (QED) is 0.801. The molecule has 1 aromatic rings. The van der Waals surface area contributed by atoms with E-state index in [1.54, 1.807) is 0 Å². The van der Waals surface area contributed by atoms with Crippen molar-refractivity contribution in [1.82, 2.24) is 4.98 Å². The summed E-state index contributed by atoms with van der Waals surface area (Å²) in [6.45, 7) is 3.95. The topological polar surface area (TPSA) is 73.0 Å². The molecule has 4 nitrogen and oxygen atoms in total. The van der Waals surface area contributed by atoms with Crippen molar-refractivity contribution in [3.63, 3.8) is 0 Å². The van der Waals surface area contributed by atoms with Gasteiger partial charge in [-0.2, -0.15) is 0 Å². The van der Waals surface area contributed by atoms with E-state index in [9.17, 15) is 8.42 Å². The summed E-state index contributed by atoms with van der Waals surface area (Å²) < 4.78 is 22.1. The van der Waals surface area contributed by atoms with Gasteiger partial charge in [0.05, 0.1) is 10.8 Å². The maximum atomic E-state index is 11.0. The molecule has 18 heavy (non-hydrogen) atoms. The zero-order chi connectivity index (χ0) is 13.8. The van der Waals surface area contributed by atoms with Gasteiger partial charge in [0.25, 0.3) is 0 Å². The van der Waals surface area contributed by atoms with E-state index in [1.165, 1.54) is 18.0 Å². The number of aryl methyl sites for hydroxylation is 1. The fourth-order valence-electron chi connectivity index (χ4n) is 1.54. The minimum Gasteiger partial charge on any atom is -0.328 e. The molecule has 1 aromatic heterocycles. The highest BCUT2D eigenvalue weighted by atomic mass is 32.2. The number of sulfone groups is 1. The molecule has 0 amide bonds. The van der Waals surface area contributed by atoms with Crippen LogP contribution in [0.2, 0.25) is 0 Å². The highest BCUT2D eigenvalue weighted by Gasteiger charge is 2.07. The molecule has 0 spiro atoms. The van der Waals surface area contributed by atoms with E-state index in [-0.39, 0.29) is 11.8 Å². The highest BCUT2D eigenvalue weighted by molar-refractivity contribution is 8.00. The fourth-order valence-corrected chi connectivity index (χ4v) is 3.70. The molecular weight excluding hydrogens is 268 g/mol. The Morgan fingerprint density at radius 2 is 2.17 bits per heavy atom. The van der Waals surface area contributed by atoms with Crippen molar-refractivity contribution in [3.05, 3.63) is 23.4 Å². The molecule has 0 aliphatic carbocycles. The molecule has 6 heteroatoms. The van der Waals surface area contributed by atoms with Crippen molar-refractivity contribution in [2.45, 2.75) is 31.3 Å². The van der Waals surface area contributed by atoms with Crippen LogP contribution in [0.15, 0.2) is 17.3 Å². The van der Waals surface area contributed by atoms with Crippen molar-refractivity contribution in [3.8, 4) is 0 Å². The number of aromatic nitrogens is 1. The Morgan fingerprint density at radius 3 is 2.67 bits per heavy atom. The van der Waals surface area contributed by atoms with E-state index >= 15 is 0 Å². The number of hydrogen-bond acceptors (Lipinski definition) is 5. The van der Waals surface area contributed by atoms with E-state index in [2.05, 4.69) is 11.1 Å². The Hall–Kier alpha value is -0.590. The molecule has 0 aliphatic rings. The summed E-state index contributed by atoms with van der Waals surface area (Å²) in [4.78, 5) is 4.36. The molecule has 1 unspecified atom stereocenters. The molecule has 1 atom stereocenters. The normalized spacial score (nSPS) is 13.6. The third-order valence-corrected chi connectivity index (χ3v) is 4.65. The lowest BCUT2D eigenvalue weighted by molar-refractivity contribution is 0.603. The number of hydrogen-bond donors (Lipinski definition) is 1. The highest BCUT2D eigenvalue weighted by Crippen LogP contribution is 2.21. The van der Waals surface area contributed by atoms with Gasteiger partial charge in [-0.1, -0.05) is 6.07 Å². The van der Waals surface area contributed by atoms with E-state index in [1.807, 2.05) is 20.0 Å². The Balaban J connectivity index is 2.62. The Kier molecular flexibility index (Phi) is 5.62. The first kappa shape index (κ1) is 15.5. The van der Waals surface area contributed by atoms with Gasteiger partial charge in [-0.05, 0) is 31.4 Å². The van der Waals surface area contributed by atoms with E-state index < -0.39 is 9.84 Å². The molecule has 102 valence electrons. The van der Waals surface area contributed by atoms with Gasteiger partial charge in [-0.25, -0.2) is 13.4 Å². The lowest BCUT2D eigenvalue weighted by atomic mass is 10.1. The van der Waals surface area contributed by atoms with Crippen LogP contribution in [-0.2, 0) is 16.3 Å². The molecule has 0 fully saturated rings. The van der Waals surface area contributed by atoms with Crippen molar-refractivity contribution in [1.29, 1.82) is 0 Å². The average Bonchev–Trinajstić information content (AvgIpc) is 2.18. The van der Waals surface area contributed by atoms with Crippen molar-refractivity contribution < 1.29 is 8.42 Å². The Labute approximate surface area is 113 Å². The van der Waals surface area contributed by atoms with Crippen LogP contribution in [0.5, 0.6) is 0 Å². The minimum absolute atomic E-state index is 0.120. The summed E-state index contributed by atoms with van der Waals surface area (Å²) >= 11 is 1.48. The summed E-state index contributed by atoms with van der Waals surface area (Å²) in [5.41, 5.74) is 7.94. The standard InChI is InChI=1S/C12H20N2O2S2/c1-9-6-11(7-10(2)13)8-14-12(9)17-4-5-18(3,15)16/h6,8,10H,4-5,7,13H2,1-3H3. The summed E-state index contributed by atoms with van der Waals surface area (Å²) in [6, 6.07) is 2.19. The van der Waals surface area contributed by atoms with Crippen LogP contribution in [0, 0.1) is 6.92 Å². The monoisotopic (exact) mass is 288 g/mol. The Bertz CT molecular complexity index is 499. The number of nitrogens with zero attached hydrogens (tertiary/aromatic N) is 1. The zero-order valence-electron chi connectivity index (χ0n) is 11.0. The first-order chi connectivity index (χ1) is 8.28. The lowest BCUT2D eigenvalue weighted by Crippen LogP contribution is -2.18. The number of thioether (sulfide) groups is 1. The van der Waals surface area contributed by atoms with Gasteiger partial charge in [0.15, 0.2) is 0 Å². The van der Waals surface area contributed by atoms with Crippen LogP contribution in [-0.4, -0.2) is 37.2 Å². The van der Waals surface area contributed by atoms with Gasteiger partial charge in [-0.15, -0.1) is 11.8 Å². The van der Waals surface area contributed by atoms with E-state index in [0.717, 1.165) is 22.6 Å². The van der Waals surface area contributed by atoms with Gasteiger partial charge in [0, 0.05) is 24.2 Å². The average molecular weight is 288 g/mol. The van der Waals surface area contributed by atoms with Crippen molar-refractivity contribution in [2.24, 2.45) is 5.73 Å². The first-order valence-corrected chi connectivity index (χ1v) is 8.84. The molecular formula is C12H20N2O2S2. The predicted octanol–water partition coefficient (Wildman–Crippen LogP) is 1.42. The Morgan fingerprint density at radius 1 is 1.50 bits per heavy atom. The molecule has 1 rings (SSSR count). The number of nitrogens with two attached hydrogens (primary N) is 1. The zero-order valence-corrected chi connectivity index (χ0v) is 12.6. The molecule has 0 aliphatic heterocycles. The molecule has 1 heterocycles. The predicted molar refractivity (Wildman–Crippen MR) is 76.8 cm³/mol. The van der Waals surface area contributed by atoms with E-state index in [0.29, 0.717) is 5.75 Å². The largest absolute Gasteiger partial charge is 0.328 e. The van der Waals surface area contributed by atoms with Crippen LogP contribution >= 0.6 is 11.8 Å². The second kappa shape index (κ2) is 6.54. The van der Waals surface area contributed by atoms with Crippen molar-refractivity contribution >= 4 is 21.6 Å². The van der Waals surface area contributed by atoms with E-state index in [4.69, 9.17) is 5.73 Å². The fraction of sp³-hybridized carbons (Fsp3) is 0.583. The van der Waals surface area contributed by atoms with Crippen LogP contribution in [0.3, 0.4) is 0 Å². The first-order valence-electron chi connectivity index (χ1n) is 5.79. The molecule has 0 bridgehead atoms. The SMILES string of the molecule is Cc1cc(CC(C)N)cnc1SCCS(C)(=O)=O. The molecule has 0 saturated heterocycles. The second-order valence-electron chi connectivity index (χ2n) is 4.63. The van der Waals surface area contributed by atoms with Crippen LogP contribution in [0.4, 0.5) is 0 Å². The van der Waals surface area contributed by atoms with Crippen molar-refractivity contribution in [2.75, 3.05) is 17.8 Å². The summed E-state index contributed by atoms with van der Waals surface area (Å²) in [5, 5.41) is 0.895. The van der Waals surface area contributed by atoms with Crippen LogP contribution in [0.1, 0.15) is 18.1 Å². The van der Waals surface area contributed by atoms with Crippen LogP contribution in [0.25, 0.3) is 0 Å². The van der Waals surface area contributed by atoms with Gasteiger partial charge >= 0.3 is 0 Å². The maximum absolute atomic E-state index is 11.0. The summed E-state index contributed by atoms with van der Waals surface area (Å²) in [5.74, 6) is 0.722. The third kappa shape index (κ3) is 5.84. The maximum Gasteiger partial charge on any atom is 0.148 e. The van der Waals surface area contributed by atoms with Gasteiger partial charge in [0.2, 0.25) is 0 Å². The lowest BCUT2D eigenvalue weighted by Gasteiger charge is -2.08. The molecule has 0 aromatic carbocycles. The van der Waals surface area contributed by atoms with Gasteiger partial charge in [0.1, 0.15) is 9.84 Å². The summed E-state index contributed by atoms with van der Waals surface area (Å²) in [7, 11) is -2.90. The number of pyridine rings is 1. The molecule has 2 N–H and O–H groups in total. The van der Waals surface area contributed by atoms with Crippen LogP contribution < -0.4 is 5.73 Å². The van der Waals surface area contributed by atoms with Gasteiger partial charge < -0.3 is 5.73 Å². The molecule has 0 radical (unpaired) electrons. The molecule has 0 saturated carbocycles. The second-order valence-corrected chi connectivity index (χ2v) is 7.97. The van der Waals surface area contributed by atoms with Gasteiger partial charge in [-0.3, -0.25) is 0 Å². The number of rotatable bonds is 6. The smallest absolute Gasteiger partial charge is 0.148 e. The minimum atomic E-state index is -2.90. The third-order valence-electron chi connectivity index (χ3n) is 2.34.